The fourth-order valence-electron chi connectivity index (χ4n) is 2.97. The van der Waals surface area contributed by atoms with Gasteiger partial charge in [-0.25, -0.2) is 0 Å². The molecule has 1 unspecified atom stereocenters. The molecule has 2 heterocycles. The fraction of sp³-hybridized carbons (Fsp3) is 0.400. The number of ketones is 1. The first-order chi connectivity index (χ1) is 8.22. The van der Waals surface area contributed by atoms with Crippen LogP contribution in [0.25, 0.3) is 5.70 Å². The summed E-state index contributed by atoms with van der Waals surface area (Å²) >= 11 is 0. The van der Waals surface area contributed by atoms with Crippen molar-refractivity contribution < 1.29 is 4.79 Å². The fourth-order valence-corrected chi connectivity index (χ4v) is 2.97. The molecule has 1 aromatic carbocycles. The summed E-state index contributed by atoms with van der Waals surface area (Å²) in [5.41, 5.74) is 1.99. The summed E-state index contributed by atoms with van der Waals surface area (Å²) in [7, 11) is 0. The Labute approximate surface area is 102 Å². The number of fused-ring (bicyclic) bond motifs is 1. The van der Waals surface area contributed by atoms with Crippen molar-refractivity contribution in [1.82, 2.24) is 4.90 Å². The summed E-state index contributed by atoms with van der Waals surface area (Å²) in [6, 6.07) is 10.2. The van der Waals surface area contributed by atoms with Crippen LogP contribution in [0.5, 0.6) is 0 Å². The van der Waals surface area contributed by atoms with Crippen molar-refractivity contribution in [2.45, 2.75) is 31.7 Å². The summed E-state index contributed by atoms with van der Waals surface area (Å²) in [6.45, 7) is 3.09. The largest absolute Gasteiger partial charge is 0.358 e. The molecule has 1 aromatic rings. The average Bonchev–Trinajstić information content (AvgIpc) is 2.63. The molecule has 0 bridgehead atoms. The minimum absolute atomic E-state index is 0.274. The van der Waals surface area contributed by atoms with E-state index >= 15 is 0 Å². The smallest absolute Gasteiger partial charge is 0.182 e. The zero-order valence-corrected chi connectivity index (χ0v) is 10.1. The Balaban J connectivity index is 2.02. The molecule has 2 heteroatoms. The van der Waals surface area contributed by atoms with Crippen LogP contribution in [0.15, 0.2) is 36.4 Å². The van der Waals surface area contributed by atoms with Crippen molar-refractivity contribution in [2.75, 3.05) is 6.54 Å². The van der Waals surface area contributed by atoms with E-state index in [1.54, 1.807) is 0 Å². The molecule has 0 saturated carbocycles. The van der Waals surface area contributed by atoms with Crippen molar-refractivity contribution in [3.63, 3.8) is 0 Å². The van der Waals surface area contributed by atoms with E-state index in [1.165, 1.54) is 6.42 Å². The zero-order valence-electron chi connectivity index (χ0n) is 10.1. The van der Waals surface area contributed by atoms with Gasteiger partial charge in [0.25, 0.3) is 0 Å². The van der Waals surface area contributed by atoms with Crippen LogP contribution >= 0.6 is 0 Å². The minimum atomic E-state index is -0.274. The van der Waals surface area contributed by atoms with Crippen molar-refractivity contribution in [3.8, 4) is 0 Å². The number of carbonyl (C=O) groups is 1. The van der Waals surface area contributed by atoms with Crippen LogP contribution < -0.4 is 0 Å². The molecule has 2 nitrogen and oxygen atoms in total. The highest BCUT2D eigenvalue weighted by Gasteiger charge is 2.45. The van der Waals surface area contributed by atoms with Crippen molar-refractivity contribution in [1.29, 1.82) is 0 Å². The van der Waals surface area contributed by atoms with Crippen molar-refractivity contribution in [2.24, 2.45) is 0 Å². The molecule has 0 aliphatic carbocycles. The number of hydrogen-bond acceptors (Lipinski definition) is 2. The van der Waals surface area contributed by atoms with E-state index in [2.05, 4.69) is 24.0 Å². The Morgan fingerprint density at radius 1 is 1.18 bits per heavy atom. The number of carbonyl (C=O) groups excluding carboxylic acids is 1. The van der Waals surface area contributed by atoms with Gasteiger partial charge in [0.1, 0.15) is 0 Å². The number of benzene rings is 1. The molecule has 0 N–H and O–H groups in total. The first-order valence-corrected chi connectivity index (χ1v) is 6.31. The molecule has 1 atom stereocenters. The first-order valence-electron chi connectivity index (χ1n) is 6.31. The van der Waals surface area contributed by atoms with E-state index in [9.17, 15) is 4.79 Å². The molecule has 17 heavy (non-hydrogen) atoms. The summed E-state index contributed by atoms with van der Waals surface area (Å²) in [5.74, 6) is 0.274. The Hall–Kier alpha value is -1.57. The van der Waals surface area contributed by atoms with E-state index in [0.717, 1.165) is 30.6 Å². The zero-order chi connectivity index (χ0) is 11.9. The van der Waals surface area contributed by atoms with E-state index < -0.39 is 0 Å². The van der Waals surface area contributed by atoms with Gasteiger partial charge in [0.05, 0.1) is 5.54 Å². The molecule has 3 rings (SSSR count). The molecule has 0 spiro atoms. The van der Waals surface area contributed by atoms with Crippen LogP contribution in [0.1, 0.15) is 31.7 Å². The number of piperidine rings is 1. The van der Waals surface area contributed by atoms with E-state index in [4.69, 9.17) is 0 Å². The van der Waals surface area contributed by atoms with Gasteiger partial charge in [-0.15, -0.1) is 0 Å². The lowest BCUT2D eigenvalue weighted by Gasteiger charge is -2.41. The van der Waals surface area contributed by atoms with Gasteiger partial charge in [0.15, 0.2) is 5.78 Å². The molecule has 0 aromatic heterocycles. The van der Waals surface area contributed by atoms with Crippen LogP contribution in [-0.2, 0) is 4.79 Å². The second-order valence-electron chi connectivity index (χ2n) is 5.14. The van der Waals surface area contributed by atoms with Crippen molar-refractivity contribution in [3.05, 3.63) is 42.0 Å². The summed E-state index contributed by atoms with van der Waals surface area (Å²) in [6.07, 6.45) is 5.17. The van der Waals surface area contributed by atoms with Gasteiger partial charge < -0.3 is 4.90 Å². The van der Waals surface area contributed by atoms with Crippen LogP contribution in [0.3, 0.4) is 0 Å². The second kappa shape index (κ2) is 3.73. The molecule has 0 radical (unpaired) electrons. The standard InChI is InChI=1S/C15H17NO/c1-15-9-5-6-10-16(15)13(11-14(15)17)12-7-3-2-4-8-12/h2-4,7-8,11H,5-6,9-10H2,1H3. The van der Waals surface area contributed by atoms with Gasteiger partial charge in [-0.05, 0) is 31.7 Å². The number of hydrogen-bond donors (Lipinski definition) is 0. The minimum Gasteiger partial charge on any atom is -0.358 e. The summed E-state index contributed by atoms with van der Waals surface area (Å²) in [4.78, 5) is 14.5. The topological polar surface area (TPSA) is 20.3 Å². The number of nitrogens with zero attached hydrogens (tertiary/aromatic N) is 1. The molecule has 1 saturated heterocycles. The Morgan fingerprint density at radius 3 is 2.71 bits per heavy atom. The van der Waals surface area contributed by atoms with E-state index in [0.29, 0.717) is 0 Å². The molecule has 1 fully saturated rings. The third-order valence-corrected chi connectivity index (χ3v) is 4.05. The van der Waals surface area contributed by atoms with E-state index in [1.807, 2.05) is 24.3 Å². The molecular formula is C15H17NO. The third kappa shape index (κ3) is 1.51. The number of rotatable bonds is 1. The van der Waals surface area contributed by atoms with Crippen molar-refractivity contribution >= 4 is 11.5 Å². The van der Waals surface area contributed by atoms with Crippen LogP contribution in [0, 0.1) is 0 Å². The normalized spacial score (nSPS) is 27.9. The molecule has 2 aliphatic heterocycles. The lowest BCUT2D eigenvalue weighted by molar-refractivity contribution is -0.123. The molecule has 0 amide bonds. The Bertz CT molecular complexity index is 477. The lowest BCUT2D eigenvalue weighted by Crippen LogP contribution is -2.49. The van der Waals surface area contributed by atoms with Crippen LogP contribution in [0.4, 0.5) is 0 Å². The predicted molar refractivity (Wildman–Crippen MR) is 68.4 cm³/mol. The maximum atomic E-state index is 12.2. The molecule has 2 aliphatic rings. The lowest BCUT2D eigenvalue weighted by atomic mass is 9.87. The SMILES string of the molecule is CC12CCCCN1C(c1ccccc1)=CC2=O. The molecule has 88 valence electrons. The highest BCUT2D eigenvalue weighted by atomic mass is 16.1. The third-order valence-electron chi connectivity index (χ3n) is 4.05. The van der Waals surface area contributed by atoms with Gasteiger partial charge >= 0.3 is 0 Å². The first kappa shape index (κ1) is 10.6. The Morgan fingerprint density at radius 2 is 1.94 bits per heavy atom. The van der Waals surface area contributed by atoms with Gasteiger partial charge in [0.2, 0.25) is 0 Å². The maximum Gasteiger partial charge on any atom is 0.182 e. The van der Waals surface area contributed by atoms with Crippen LogP contribution in [0.2, 0.25) is 0 Å². The average molecular weight is 227 g/mol. The second-order valence-corrected chi connectivity index (χ2v) is 5.14. The predicted octanol–water partition coefficient (Wildman–Crippen LogP) is 2.85. The van der Waals surface area contributed by atoms with Crippen LogP contribution in [-0.4, -0.2) is 22.8 Å². The summed E-state index contributed by atoms with van der Waals surface area (Å²) in [5, 5.41) is 0. The van der Waals surface area contributed by atoms with E-state index in [-0.39, 0.29) is 11.3 Å². The monoisotopic (exact) mass is 227 g/mol. The molecular weight excluding hydrogens is 210 g/mol. The van der Waals surface area contributed by atoms with Gasteiger partial charge in [-0.3, -0.25) is 4.79 Å². The summed E-state index contributed by atoms with van der Waals surface area (Å²) < 4.78 is 0. The van der Waals surface area contributed by atoms with Gasteiger partial charge in [-0.2, -0.15) is 0 Å². The van der Waals surface area contributed by atoms with Gasteiger partial charge in [0, 0.05) is 18.3 Å². The maximum absolute atomic E-state index is 12.2. The Kier molecular flexibility index (Phi) is 2.32. The highest BCUT2D eigenvalue weighted by Crippen LogP contribution is 2.40. The quantitative estimate of drug-likeness (QED) is 0.735. The van der Waals surface area contributed by atoms with Gasteiger partial charge in [-0.1, -0.05) is 30.3 Å². The highest BCUT2D eigenvalue weighted by molar-refractivity contribution is 6.07.